The third-order valence-corrected chi connectivity index (χ3v) is 1.76. The SMILES string of the molecule is CN(CC#N)Cc1cccc(Cl)n1. The number of nitrogens with zero attached hydrogens (tertiary/aromatic N) is 3. The number of hydrogen-bond donors (Lipinski definition) is 0. The normalized spacial score (nSPS) is 10.0. The van der Waals surface area contributed by atoms with Crippen molar-refractivity contribution in [3.05, 3.63) is 29.0 Å². The Kier molecular flexibility index (Phi) is 3.69. The standard InChI is InChI=1S/C9H10ClN3/c1-13(6-5-11)7-8-3-2-4-9(10)12-8/h2-4H,6-7H2,1H3. The van der Waals surface area contributed by atoms with Crippen molar-refractivity contribution in [2.75, 3.05) is 13.6 Å². The second-order valence-electron chi connectivity index (χ2n) is 2.78. The number of halogens is 1. The van der Waals surface area contributed by atoms with Gasteiger partial charge in [-0.1, -0.05) is 17.7 Å². The fourth-order valence-electron chi connectivity index (χ4n) is 0.992. The lowest BCUT2D eigenvalue weighted by Gasteiger charge is -2.11. The van der Waals surface area contributed by atoms with Crippen LogP contribution in [-0.2, 0) is 6.54 Å². The van der Waals surface area contributed by atoms with E-state index in [2.05, 4.69) is 11.1 Å². The van der Waals surface area contributed by atoms with E-state index in [1.165, 1.54) is 0 Å². The molecule has 1 heterocycles. The van der Waals surface area contributed by atoms with Crippen LogP contribution in [0.4, 0.5) is 0 Å². The first kappa shape index (κ1) is 9.97. The van der Waals surface area contributed by atoms with Gasteiger partial charge >= 0.3 is 0 Å². The quantitative estimate of drug-likeness (QED) is 0.545. The molecular formula is C9H10ClN3. The molecule has 0 N–H and O–H groups in total. The smallest absolute Gasteiger partial charge is 0.129 e. The lowest BCUT2D eigenvalue weighted by atomic mass is 10.3. The van der Waals surface area contributed by atoms with Crippen LogP contribution in [0.2, 0.25) is 5.15 Å². The molecule has 0 aliphatic rings. The summed E-state index contributed by atoms with van der Waals surface area (Å²) >= 11 is 5.71. The van der Waals surface area contributed by atoms with Crippen molar-refractivity contribution in [3.8, 4) is 6.07 Å². The van der Waals surface area contributed by atoms with E-state index in [-0.39, 0.29) is 0 Å². The molecule has 0 bridgehead atoms. The maximum atomic E-state index is 8.43. The maximum absolute atomic E-state index is 8.43. The van der Waals surface area contributed by atoms with Gasteiger partial charge in [-0.15, -0.1) is 0 Å². The number of pyridine rings is 1. The molecule has 1 aromatic heterocycles. The van der Waals surface area contributed by atoms with E-state index < -0.39 is 0 Å². The van der Waals surface area contributed by atoms with E-state index in [1.807, 2.05) is 24.1 Å². The van der Waals surface area contributed by atoms with Crippen LogP contribution in [0, 0.1) is 11.3 Å². The third-order valence-electron chi connectivity index (χ3n) is 1.55. The molecule has 0 radical (unpaired) electrons. The Balaban J connectivity index is 2.59. The highest BCUT2D eigenvalue weighted by atomic mass is 35.5. The average Bonchev–Trinajstić information content (AvgIpc) is 2.04. The van der Waals surface area contributed by atoms with Gasteiger partial charge in [-0.05, 0) is 19.2 Å². The van der Waals surface area contributed by atoms with Gasteiger partial charge in [0.15, 0.2) is 0 Å². The predicted octanol–water partition coefficient (Wildman–Crippen LogP) is 1.69. The van der Waals surface area contributed by atoms with Crippen LogP contribution in [0.1, 0.15) is 5.69 Å². The zero-order valence-electron chi connectivity index (χ0n) is 7.37. The Labute approximate surface area is 82.6 Å². The summed E-state index contributed by atoms with van der Waals surface area (Å²) in [5.41, 5.74) is 0.880. The monoisotopic (exact) mass is 195 g/mol. The highest BCUT2D eigenvalue weighted by Gasteiger charge is 2.00. The molecule has 1 aromatic rings. The van der Waals surface area contributed by atoms with Crippen molar-refractivity contribution in [2.45, 2.75) is 6.54 Å². The zero-order chi connectivity index (χ0) is 9.68. The molecule has 0 amide bonds. The summed E-state index contributed by atoms with van der Waals surface area (Å²) in [5.74, 6) is 0. The number of nitriles is 1. The molecule has 4 heteroatoms. The van der Waals surface area contributed by atoms with E-state index in [9.17, 15) is 0 Å². The van der Waals surface area contributed by atoms with Gasteiger partial charge < -0.3 is 0 Å². The third kappa shape index (κ3) is 3.41. The maximum Gasteiger partial charge on any atom is 0.129 e. The van der Waals surface area contributed by atoms with Crippen LogP contribution in [0.3, 0.4) is 0 Å². The molecule has 0 saturated carbocycles. The van der Waals surface area contributed by atoms with Gasteiger partial charge in [0.1, 0.15) is 5.15 Å². The van der Waals surface area contributed by atoms with E-state index in [4.69, 9.17) is 16.9 Å². The van der Waals surface area contributed by atoms with Gasteiger partial charge in [-0.25, -0.2) is 4.98 Å². The van der Waals surface area contributed by atoms with Crippen LogP contribution in [0.5, 0.6) is 0 Å². The fraction of sp³-hybridized carbons (Fsp3) is 0.333. The highest BCUT2D eigenvalue weighted by Crippen LogP contribution is 2.06. The molecule has 0 aliphatic carbocycles. The van der Waals surface area contributed by atoms with Crippen LogP contribution < -0.4 is 0 Å². The van der Waals surface area contributed by atoms with Crippen molar-refractivity contribution in [2.24, 2.45) is 0 Å². The van der Waals surface area contributed by atoms with Crippen molar-refractivity contribution in [1.29, 1.82) is 5.26 Å². The highest BCUT2D eigenvalue weighted by molar-refractivity contribution is 6.29. The van der Waals surface area contributed by atoms with Gasteiger partial charge in [-0.2, -0.15) is 5.26 Å². The summed E-state index contributed by atoms with van der Waals surface area (Å²) in [5, 5.41) is 8.92. The Morgan fingerprint density at radius 1 is 1.62 bits per heavy atom. The summed E-state index contributed by atoms with van der Waals surface area (Å²) in [6, 6.07) is 7.54. The van der Waals surface area contributed by atoms with Crippen molar-refractivity contribution < 1.29 is 0 Å². The van der Waals surface area contributed by atoms with Crippen molar-refractivity contribution in [1.82, 2.24) is 9.88 Å². The Bertz CT molecular complexity index is 319. The van der Waals surface area contributed by atoms with E-state index >= 15 is 0 Å². The van der Waals surface area contributed by atoms with Gasteiger partial charge in [0.2, 0.25) is 0 Å². The van der Waals surface area contributed by atoms with Gasteiger partial charge in [0.05, 0.1) is 18.3 Å². The lowest BCUT2D eigenvalue weighted by Crippen LogP contribution is -2.18. The number of hydrogen-bond acceptors (Lipinski definition) is 3. The number of aromatic nitrogens is 1. The van der Waals surface area contributed by atoms with E-state index in [0.29, 0.717) is 18.2 Å². The molecule has 0 saturated heterocycles. The van der Waals surface area contributed by atoms with Crippen molar-refractivity contribution in [3.63, 3.8) is 0 Å². The zero-order valence-corrected chi connectivity index (χ0v) is 8.12. The lowest BCUT2D eigenvalue weighted by molar-refractivity contribution is 0.362. The van der Waals surface area contributed by atoms with Gasteiger partial charge in [0, 0.05) is 6.54 Å². The number of rotatable bonds is 3. The Morgan fingerprint density at radius 2 is 2.38 bits per heavy atom. The first-order valence-electron chi connectivity index (χ1n) is 3.89. The molecule has 13 heavy (non-hydrogen) atoms. The minimum atomic E-state index is 0.397. The minimum Gasteiger partial charge on any atom is -0.288 e. The summed E-state index contributed by atoms with van der Waals surface area (Å²) in [7, 11) is 1.87. The fourth-order valence-corrected chi connectivity index (χ4v) is 1.17. The molecular weight excluding hydrogens is 186 g/mol. The molecule has 3 nitrogen and oxygen atoms in total. The molecule has 0 aromatic carbocycles. The summed E-state index contributed by atoms with van der Waals surface area (Å²) in [6.45, 7) is 1.04. The van der Waals surface area contributed by atoms with Crippen LogP contribution in [0.25, 0.3) is 0 Å². The Hall–Kier alpha value is -1.11. The molecule has 0 spiro atoms. The van der Waals surface area contributed by atoms with Gasteiger partial charge in [0.25, 0.3) is 0 Å². The summed E-state index contributed by atoms with van der Waals surface area (Å²) < 4.78 is 0. The first-order valence-corrected chi connectivity index (χ1v) is 4.27. The summed E-state index contributed by atoms with van der Waals surface area (Å²) in [4.78, 5) is 5.98. The van der Waals surface area contributed by atoms with Crippen LogP contribution >= 0.6 is 11.6 Å². The predicted molar refractivity (Wildman–Crippen MR) is 51.2 cm³/mol. The van der Waals surface area contributed by atoms with Gasteiger partial charge in [-0.3, -0.25) is 4.90 Å². The molecule has 0 atom stereocenters. The minimum absolute atomic E-state index is 0.397. The second-order valence-corrected chi connectivity index (χ2v) is 3.17. The average molecular weight is 196 g/mol. The second kappa shape index (κ2) is 4.80. The first-order chi connectivity index (χ1) is 6.22. The van der Waals surface area contributed by atoms with Crippen LogP contribution in [-0.4, -0.2) is 23.5 Å². The topological polar surface area (TPSA) is 39.9 Å². The molecule has 1 rings (SSSR count). The molecule has 68 valence electrons. The van der Waals surface area contributed by atoms with E-state index in [1.54, 1.807) is 6.07 Å². The van der Waals surface area contributed by atoms with E-state index in [0.717, 1.165) is 5.69 Å². The largest absolute Gasteiger partial charge is 0.288 e. The Morgan fingerprint density at radius 3 is 3.00 bits per heavy atom. The molecule has 0 aliphatic heterocycles. The molecule has 0 unspecified atom stereocenters. The summed E-state index contributed by atoms with van der Waals surface area (Å²) in [6.07, 6.45) is 0. The van der Waals surface area contributed by atoms with Crippen LogP contribution in [0.15, 0.2) is 18.2 Å². The van der Waals surface area contributed by atoms with Crippen molar-refractivity contribution >= 4 is 11.6 Å². The molecule has 0 fully saturated rings.